The minimum Gasteiger partial charge on any atom is -0.396 e. The fourth-order valence-electron chi connectivity index (χ4n) is 3.31. The summed E-state index contributed by atoms with van der Waals surface area (Å²) in [6, 6.07) is 0.303. The second-order valence-electron chi connectivity index (χ2n) is 5.92. The maximum Gasteiger partial charge on any atom is 0.225 e. The van der Waals surface area contributed by atoms with Crippen LogP contribution in [-0.4, -0.2) is 41.7 Å². The maximum absolute atomic E-state index is 12.4. The molecule has 18 heavy (non-hydrogen) atoms. The molecule has 1 amide bonds. The average Bonchev–Trinajstić information content (AvgIpc) is 2.39. The Hall–Kier alpha value is -0.610. The van der Waals surface area contributed by atoms with Gasteiger partial charge in [-0.2, -0.15) is 0 Å². The Morgan fingerprint density at radius 2 is 1.94 bits per heavy atom. The van der Waals surface area contributed by atoms with E-state index >= 15 is 0 Å². The van der Waals surface area contributed by atoms with Gasteiger partial charge in [-0.05, 0) is 50.9 Å². The van der Waals surface area contributed by atoms with Gasteiger partial charge in [-0.1, -0.05) is 0 Å². The van der Waals surface area contributed by atoms with Crippen LogP contribution in [0.4, 0.5) is 0 Å². The van der Waals surface area contributed by atoms with E-state index in [2.05, 4.69) is 0 Å². The van der Waals surface area contributed by atoms with Gasteiger partial charge in [-0.25, -0.2) is 0 Å². The number of amides is 1. The predicted molar refractivity (Wildman–Crippen MR) is 70.9 cm³/mol. The van der Waals surface area contributed by atoms with E-state index < -0.39 is 0 Å². The van der Waals surface area contributed by atoms with Crippen molar-refractivity contribution in [1.82, 2.24) is 4.90 Å². The molecule has 1 atom stereocenters. The lowest BCUT2D eigenvalue weighted by molar-refractivity contribution is -0.138. The first kappa shape index (κ1) is 13.8. The molecule has 2 aliphatic rings. The van der Waals surface area contributed by atoms with Gasteiger partial charge in [-0.15, -0.1) is 0 Å². The van der Waals surface area contributed by atoms with Gasteiger partial charge in [0.25, 0.3) is 0 Å². The highest BCUT2D eigenvalue weighted by Gasteiger charge is 2.30. The lowest BCUT2D eigenvalue weighted by atomic mass is 9.84. The molecule has 1 saturated carbocycles. The number of likely N-dealkylation sites (tertiary alicyclic amines) is 1. The lowest BCUT2D eigenvalue weighted by Gasteiger charge is -2.36. The van der Waals surface area contributed by atoms with E-state index in [9.17, 15) is 4.79 Å². The summed E-state index contributed by atoms with van der Waals surface area (Å²) in [7, 11) is 0. The fourth-order valence-corrected chi connectivity index (χ4v) is 3.31. The number of aliphatic hydroxyl groups excluding tert-OH is 1. The van der Waals surface area contributed by atoms with Crippen molar-refractivity contribution in [3.8, 4) is 0 Å². The SMILES string of the molecule is NC1CCC(C(=O)N2CCCC(CCO)C2)CC1. The molecular formula is C14H26N2O2. The predicted octanol–water partition coefficient (Wildman–Crippen LogP) is 1.12. The number of nitrogens with two attached hydrogens (primary N) is 1. The topological polar surface area (TPSA) is 66.6 Å². The van der Waals surface area contributed by atoms with Gasteiger partial charge in [-0.3, -0.25) is 4.79 Å². The van der Waals surface area contributed by atoms with Crippen molar-refractivity contribution in [2.75, 3.05) is 19.7 Å². The molecular weight excluding hydrogens is 228 g/mol. The molecule has 2 fully saturated rings. The molecule has 1 aliphatic carbocycles. The van der Waals surface area contributed by atoms with Crippen molar-refractivity contribution < 1.29 is 9.90 Å². The molecule has 4 heteroatoms. The van der Waals surface area contributed by atoms with Crippen LogP contribution in [0.25, 0.3) is 0 Å². The Morgan fingerprint density at radius 1 is 1.22 bits per heavy atom. The first-order chi connectivity index (χ1) is 8.70. The Kier molecular flexibility index (Phi) is 5.01. The third-order valence-corrected chi connectivity index (χ3v) is 4.49. The molecule has 2 rings (SSSR count). The lowest BCUT2D eigenvalue weighted by Crippen LogP contribution is -2.44. The number of piperidine rings is 1. The van der Waals surface area contributed by atoms with E-state index in [1.165, 1.54) is 0 Å². The van der Waals surface area contributed by atoms with Gasteiger partial charge < -0.3 is 15.7 Å². The molecule has 0 aromatic heterocycles. The Morgan fingerprint density at radius 3 is 2.61 bits per heavy atom. The molecule has 4 nitrogen and oxygen atoms in total. The fraction of sp³-hybridized carbons (Fsp3) is 0.929. The van der Waals surface area contributed by atoms with Crippen LogP contribution >= 0.6 is 0 Å². The van der Waals surface area contributed by atoms with Crippen molar-refractivity contribution in [1.29, 1.82) is 0 Å². The first-order valence-electron chi connectivity index (χ1n) is 7.36. The molecule has 104 valence electrons. The van der Waals surface area contributed by atoms with Crippen molar-refractivity contribution >= 4 is 5.91 Å². The van der Waals surface area contributed by atoms with Crippen molar-refractivity contribution in [3.05, 3.63) is 0 Å². The molecule has 1 unspecified atom stereocenters. The monoisotopic (exact) mass is 254 g/mol. The van der Waals surface area contributed by atoms with E-state index in [1.807, 2.05) is 4.90 Å². The number of hydrogen-bond acceptors (Lipinski definition) is 3. The zero-order valence-corrected chi connectivity index (χ0v) is 11.2. The summed E-state index contributed by atoms with van der Waals surface area (Å²) >= 11 is 0. The zero-order chi connectivity index (χ0) is 13.0. The summed E-state index contributed by atoms with van der Waals surface area (Å²) < 4.78 is 0. The van der Waals surface area contributed by atoms with E-state index in [0.29, 0.717) is 17.9 Å². The Balaban J connectivity index is 1.84. The van der Waals surface area contributed by atoms with E-state index in [-0.39, 0.29) is 12.5 Å². The largest absolute Gasteiger partial charge is 0.396 e. The van der Waals surface area contributed by atoms with Gasteiger partial charge in [0.15, 0.2) is 0 Å². The number of hydrogen-bond donors (Lipinski definition) is 2. The van der Waals surface area contributed by atoms with Crippen LogP contribution in [0.3, 0.4) is 0 Å². The van der Waals surface area contributed by atoms with Crippen molar-refractivity contribution in [3.63, 3.8) is 0 Å². The summed E-state index contributed by atoms with van der Waals surface area (Å²) in [4.78, 5) is 14.5. The number of aliphatic hydroxyl groups is 1. The number of rotatable bonds is 3. The molecule has 0 bridgehead atoms. The van der Waals surface area contributed by atoms with E-state index in [4.69, 9.17) is 10.8 Å². The normalized spacial score (nSPS) is 33.4. The Labute approximate surface area is 110 Å². The second-order valence-corrected chi connectivity index (χ2v) is 5.92. The zero-order valence-electron chi connectivity index (χ0n) is 11.2. The molecule has 1 heterocycles. The molecule has 3 N–H and O–H groups in total. The molecule has 0 aromatic rings. The Bertz CT molecular complexity index is 273. The summed E-state index contributed by atoms with van der Waals surface area (Å²) in [5.74, 6) is 1.04. The van der Waals surface area contributed by atoms with E-state index in [0.717, 1.165) is 58.0 Å². The number of nitrogens with zero attached hydrogens (tertiary/aromatic N) is 1. The second kappa shape index (κ2) is 6.53. The third kappa shape index (κ3) is 3.45. The highest BCUT2D eigenvalue weighted by Crippen LogP contribution is 2.27. The molecule has 0 spiro atoms. The summed E-state index contributed by atoms with van der Waals surface area (Å²) in [5.41, 5.74) is 5.88. The van der Waals surface area contributed by atoms with Crippen LogP contribution < -0.4 is 5.73 Å². The quantitative estimate of drug-likeness (QED) is 0.793. The number of carbonyl (C=O) groups is 1. The van der Waals surface area contributed by atoms with Crippen molar-refractivity contribution in [2.45, 2.75) is 51.0 Å². The van der Waals surface area contributed by atoms with Gasteiger partial charge in [0.2, 0.25) is 5.91 Å². The highest BCUT2D eigenvalue weighted by molar-refractivity contribution is 5.79. The van der Waals surface area contributed by atoms with Gasteiger partial charge in [0.1, 0.15) is 0 Å². The van der Waals surface area contributed by atoms with Crippen molar-refractivity contribution in [2.24, 2.45) is 17.6 Å². The standard InChI is InChI=1S/C14H26N2O2/c15-13-5-3-12(4-6-13)14(18)16-8-1-2-11(10-16)7-9-17/h11-13,17H,1-10,15H2. The van der Waals surface area contributed by atoms with Gasteiger partial charge >= 0.3 is 0 Å². The highest BCUT2D eigenvalue weighted by atomic mass is 16.3. The molecule has 1 aliphatic heterocycles. The van der Waals surface area contributed by atoms with Gasteiger partial charge in [0, 0.05) is 31.7 Å². The molecule has 1 saturated heterocycles. The van der Waals surface area contributed by atoms with Crippen LogP contribution in [0.5, 0.6) is 0 Å². The van der Waals surface area contributed by atoms with Crippen LogP contribution in [0.15, 0.2) is 0 Å². The third-order valence-electron chi connectivity index (χ3n) is 4.49. The maximum atomic E-state index is 12.4. The van der Waals surface area contributed by atoms with Crippen LogP contribution in [-0.2, 0) is 4.79 Å². The van der Waals surface area contributed by atoms with E-state index in [1.54, 1.807) is 0 Å². The summed E-state index contributed by atoms with van der Waals surface area (Å²) in [6.07, 6.45) is 6.97. The molecule has 0 aromatic carbocycles. The smallest absolute Gasteiger partial charge is 0.225 e. The number of carbonyl (C=O) groups excluding carboxylic acids is 1. The summed E-state index contributed by atoms with van der Waals surface area (Å²) in [6.45, 7) is 2.00. The van der Waals surface area contributed by atoms with Gasteiger partial charge in [0.05, 0.1) is 0 Å². The van der Waals surface area contributed by atoms with Crippen LogP contribution in [0.1, 0.15) is 44.9 Å². The summed E-state index contributed by atoms with van der Waals surface area (Å²) in [5, 5.41) is 9.00. The minimum atomic E-state index is 0.206. The van der Waals surface area contributed by atoms with Crippen LogP contribution in [0.2, 0.25) is 0 Å². The first-order valence-corrected chi connectivity index (χ1v) is 7.36. The molecule has 0 radical (unpaired) electrons. The average molecular weight is 254 g/mol. The minimum absolute atomic E-state index is 0.206. The van der Waals surface area contributed by atoms with Crippen LogP contribution in [0, 0.1) is 11.8 Å².